The van der Waals surface area contributed by atoms with Crippen LogP contribution in [0, 0.1) is 0 Å². The molecule has 4 heteroatoms. The maximum atomic E-state index is 4.92. The van der Waals surface area contributed by atoms with Crippen LogP contribution in [0.25, 0.3) is 0 Å². The van der Waals surface area contributed by atoms with Crippen LogP contribution in [0.4, 0.5) is 0 Å². The molecular weight excluding hydrogens is 128 g/mol. The van der Waals surface area contributed by atoms with E-state index in [0.29, 0.717) is 6.61 Å². The minimum absolute atomic E-state index is 0.616. The molecule has 0 aromatic carbocycles. The van der Waals surface area contributed by atoms with Crippen LogP contribution < -0.4 is 0 Å². The van der Waals surface area contributed by atoms with Gasteiger partial charge in [0.05, 0.1) is 14.2 Å². The smallest absolute Gasteiger partial charge is 0.112 e. The Kier molecular flexibility index (Phi) is 5.52. The Hall–Kier alpha value is 0.230. The third-order valence-corrected chi connectivity index (χ3v) is 1.46. The minimum atomic E-state index is -0.738. The van der Waals surface area contributed by atoms with Crippen molar-refractivity contribution in [1.29, 1.82) is 0 Å². The van der Waals surface area contributed by atoms with Crippen LogP contribution in [0.3, 0.4) is 0 Å². The molecule has 0 heterocycles. The first-order chi connectivity index (χ1) is 3.85. The maximum absolute atomic E-state index is 4.92. The normalized spacial score (nSPS) is 10.5. The molecule has 0 radical (unpaired) electrons. The summed E-state index contributed by atoms with van der Waals surface area (Å²) in [7, 11) is 3.09. The van der Waals surface area contributed by atoms with Gasteiger partial charge in [0.2, 0.25) is 0 Å². The number of hydrogen-bond donors (Lipinski definition) is 0. The molecule has 50 valence electrons. The van der Waals surface area contributed by atoms with E-state index in [9.17, 15) is 0 Å². The molecule has 0 aromatic rings. The Morgan fingerprint density at radius 2 is 1.75 bits per heavy atom. The summed E-state index contributed by atoms with van der Waals surface area (Å²) in [5, 5.41) is 0. The van der Waals surface area contributed by atoms with Gasteiger partial charge in [0.1, 0.15) is 6.61 Å². The van der Waals surface area contributed by atoms with E-state index >= 15 is 0 Å². The van der Waals surface area contributed by atoms with Crippen molar-refractivity contribution >= 4 is 11.7 Å². The Labute approximate surface area is 52.9 Å². The maximum Gasteiger partial charge on any atom is 0.507 e. The highest BCUT2D eigenvalue weighted by molar-refractivity contribution is 7.82. The van der Waals surface area contributed by atoms with Gasteiger partial charge in [-0.05, 0) is 6.92 Å². The monoisotopic (exact) mass is 139 g/mol. The van der Waals surface area contributed by atoms with Crippen molar-refractivity contribution in [2.45, 2.75) is 6.92 Å². The van der Waals surface area contributed by atoms with Gasteiger partial charge < -0.3 is 0 Å². The van der Waals surface area contributed by atoms with Crippen molar-refractivity contribution < 1.29 is 12.5 Å². The van der Waals surface area contributed by atoms with Crippen molar-refractivity contribution in [3.8, 4) is 0 Å². The fraction of sp³-hybridized carbons (Fsp3) is 1.00. The fourth-order valence-corrected chi connectivity index (χ4v) is 0.781. The van der Waals surface area contributed by atoms with Crippen LogP contribution in [-0.2, 0) is 24.3 Å². The second-order valence-corrected chi connectivity index (χ2v) is 2.25. The highest BCUT2D eigenvalue weighted by Gasteiger charge is 2.20. The zero-order valence-electron chi connectivity index (χ0n) is 5.34. The lowest BCUT2D eigenvalue weighted by Crippen LogP contribution is -2.09. The highest BCUT2D eigenvalue weighted by Crippen LogP contribution is 1.97. The van der Waals surface area contributed by atoms with Crippen molar-refractivity contribution in [2.75, 3.05) is 20.8 Å². The van der Waals surface area contributed by atoms with Gasteiger partial charge >= 0.3 is 11.7 Å². The molecule has 0 bridgehead atoms. The molecule has 0 N–H and O–H groups in total. The summed E-state index contributed by atoms with van der Waals surface area (Å²) in [5.41, 5.74) is 0. The predicted molar refractivity (Wildman–Crippen MR) is 33.0 cm³/mol. The predicted octanol–water partition coefficient (Wildman–Crippen LogP) is 0.679. The van der Waals surface area contributed by atoms with E-state index < -0.39 is 11.7 Å². The molecule has 8 heavy (non-hydrogen) atoms. The highest BCUT2D eigenvalue weighted by atomic mass is 32.3. The largest absolute Gasteiger partial charge is 0.507 e. The van der Waals surface area contributed by atoms with Gasteiger partial charge in [0, 0.05) is 0 Å². The Morgan fingerprint density at radius 3 is 1.88 bits per heavy atom. The number of hydrogen-bond acceptors (Lipinski definition) is 3. The van der Waals surface area contributed by atoms with Gasteiger partial charge in [-0.25, -0.2) is 0 Å². The fourth-order valence-electron chi connectivity index (χ4n) is 0.260. The molecule has 0 aliphatic heterocycles. The van der Waals surface area contributed by atoms with E-state index in [-0.39, 0.29) is 0 Å². The van der Waals surface area contributed by atoms with E-state index in [1.54, 1.807) is 14.2 Å². The van der Waals surface area contributed by atoms with Crippen LogP contribution in [0.2, 0.25) is 0 Å². The standard InChI is InChI=1S/C4H11O3S/c1-4-7-8(5-2)6-3/h4H2,1-3H3/q+1. The molecule has 0 aliphatic rings. The zero-order chi connectivity index (χ0) is 6.41. The van der Waals surface area contributed by atoms with Gasteiger partial charge in [-0.15, -0.1) is 12.5 Å². The van der Waals surface area contributed by atoms with E-state index in [4.69, 9.17) is 12.5 Å². The van der Waals surface area contributed by atoms with Crippen molar-refractivity contribution in [2.24, 2.45) is 0 Å². The van der Waals surface area contributed by atoms with E-state index in [1.807, 2.05) is 6.92 Å². The molecule has 0 aromatic heterocycles. The first-order valence-corrected chi connectivity index (χ1v) is 3.31. The first-order valence-electron chi connectivity index (χ1n) is 2.31. The average Bonchev–Trinajstić information content (AvgIpc) is 1.83. The van der Waals surface area contributed by atoms with Crippen LogP contribution in [0.15, 0.2) is 0 Å². The van der Waals surface area contributed by atoms with Gasteiger partial charge in [-0.1, -0.05) is 0 Å². The molecule has 0 fully saturated rings. The van der Waals surface area contributed by atoms with Gasteiger partial charge in [-0.3, -0.25) is 0 Å². The van der Waals surface area contributed by atoms with Gasteiger partial charge in [0.25, 0.3) is 0 Å². The third-order valence-electron chi connectivity index (χ3n) is 0.486. The van der Waals surface area contributed by atoms with E-state index in [0.717, 1.165) is 0 Å². The SMILES string of the molecule is CCO[S+](OC)OC. The molecule has 0 atom stereocenters. The zero-order valence-corrected chi connectivity index (χ0v) is 6.16. The second kappa shape index (κ2) is 5.37. The van der Waals surface area contributed by atoms with E-state index in [2.05, 4.69) is 0 Å². The quantitative estimate of drug-likeness (QED) is 0.536. The summed E-state index contributed by atoms with van der Waals surface area (Å²) in [6.07, 6.45) is 0. The lowest BCUT2D eigenvalue weighted by molar-refractivity contribution is 0.236. The van der Waals surface area contributed by atoms with Gasteiger partial charge in [-0.2, -0.15) is 0 Å². The second-order valence-electron chi connectivity index (χ2n) is 0.944. The summed E-state index contributed by atoms with van der Waals surface area (Å²) in [5.74, 6) is 0. The van der Waals surface area contributed by atoms with E-state index in [1.165, 1.54) is 0 Å². The summed E-state index contributed by atoms with van der Waals surface area (Å²) < 4.78 is 14.4. The molecule has 0 spiro atoms. The summed E-state index contributed by atoms with van der Waals surface area (Å²) in [4.78, 5) is 0. The summed E-state index contributed by atoms with van der Waals surface area (Å²) in [6.45, 7) is 2.50. The lowest BCUT2D eigenvalue weighted by atomic mass is 10.9. The van der Waals surface area contributed by atoms with Crippen molar-refractivity contribution in [1.82, 2.24) is 0 Å². The summed E-state index contributed by atoms with van der Waals surface area (Å²) >= 11 is -0.738. The average molecular weight is 139 g/mol. The molecule has 3 nitrogen and oxygen atoms in total. The third kappa shape index (κ3) is 3.26. The molecule has 0 saturated heterocycles. The van der Waals surface area contributed by atoms with Crippen LogP contribution in [0.1, 0.15) is 6.92 Å². The van der Waals surface area contributed by atoms with Crippen LogP contribution >= 0.6 is 0 Å². The molecular formula is C4H11O3S+. The first kappa shape index (κ1) is 8.23. The molecule has 0 saturated carbocycles. The molecule has 0 unspecified atom stereocenters. The minimum Gasteiger partial charge on any atom is -0.112 e. The van der Waals surface area contributed by atoms with Crippen LogP contribution in [0.5, 0.6) is 0 Å². The topological polar surface area (TPSA) is 27.7 Å². The molecule has 0 rings (SSSR count). The van der Waals surface area contributed by atoms with Crippen LogP contribution in [-0.4, -0.2) is 20.8 Å². The summed E-state index contributed by atoms with van der Waals surface area (Å²) in [6, 6.07) is 0. The lowest BCUT2D eigenvalue weighted by Gasteiger charge is -1.91. The van der Waals surface area contributed by atoms with Crippen molar-refractivity contribution in [3.05, 3.63) is 0 Å². The van der Waals surface area contributed by atoms with Crippen molar-refractivity contribution in [3.63, 3.8) is 0 Å². The number of rotatable bonds is 4. The Balaban J connectivity index is 3.07. The molecule has 0 aliphatic carbocycles. The Bertz CT molecular complexity index is 46.5. The Morgan fingerprint density at radius 1 is 1.25 bits per heavy atom. The molecule has 0 amide bonds. The van der Waals surface area contributed by atoms with Gasteiger partial charge in [0.15, 0.2) is 0 Å².